The summed E-state index contributed by atoms with van der Waals surface area (Å²) in [7, 11) is 1.62. The summed E-state index contributed by atoms with van der Waals surface area (Å²) in [5, 5.41) is 0. The van der Waals surface area contributed by atoms with Gasteiger partial charge in [-0.3, -0.25) is 0 Å². The fourth-order valence-corrected chi connectivity index (χ4v) is 1.08. The van der Waals surface area contributed by atoms with Crippen LogP contribution in [0.3, 0.4) is 0 Å². The molecule has 1 heterocycles. The molecule has 0 atom stereocenters. The molecule has 0 fully saturated rings. The first-order valence-electron chi connectivity index (χ1n) is 4.28. The molecule has 72 valence electrons. The molecule has 1 aromatic heterocycles. The van der Waals surface area contributed by atoms with E-state index in [-0.39, 0.29) is 5.78 Å². The van der Waals surface area contributed by atoms with Crippen molar-refractivity contribution in [2.75, 3.05) is 7.11 Å². The number of methoxy groups -OCH3 is 1. The number of aryl methyl sites for hydroxylation is 1. The topological polar surface area (TPSA) is 39.4 Å². The van der Waals surface area contributed by atoms with E-state index in [4.69, 9.17) is 9.15 Å². The highest BCUT2D eigenvalue weighted by Gasteiger charge is 2.02. The zero-order chi connectivity index (χ0) is 9.68. The molecule has 0 aromatic carbocycles. The Balaban J connectivity index is 2.44. The zero-order valence-electron chi connectivity index (χ0n) is 8.00. The van der Waals surface area contributed by atoms with E-state index >= 15 is 0 Å². The van der Waals surface area contributed by atoms with E-state index in [1.54, 1.807) is 14.0 Å². The van der Waals surface area contributed by atoms with Gasteiger partial charge >= 0.3 is 0 Å². The Morgan fingerprint density at radius 3 is 2.77 bits per heavy atom. The number of carbonyl (C=O) groups is 1. The first-order valence-corrected chi connectivity index (χ1v) is 4.28. The molecule has 0 amide bonds. The van der Waals surface area contributed by atoms with Crippen molar-refractivity contribution in [1.29, 1.82) is 0 Å². The molecular weight excluding hydrogens is 168 g/mol. The lowest BCUT2D eigenvalue weighted by Crippen LogP contribution is -1.92. The van der Waals surface area contributed by atoms with Crippen LogP contribution in [0.5, 0.6) is 0 Å². The summed E-state index contributed by atoms with van der Waals surface area (Å²) in [5.41, 5.74) is 0. The predicted molar refractivity (Wildman–Crippen MR) is 48.4 cm³/mol. The molecule has 0 bridgehead atoms. The summed E-state index contributed by atoms with van der Waals surface area (Å²) in [6.07, 6.45) is 1.22. The molecule has 0 radical (unpaired) electrons. The largest absolute Gasteiger partial charge is 0.464 e. The van der Waals surface area contributed by atoms with Crippen LogP contribution in [0, 0.1) is 0 Å². The van der Waals surface area contributed by atoms with Crippen LogP contribution >= 0.6 is 0 Å². The Kier molecular flexibility index (Phi) is 3.71. The van der Waals surface area contributed by atoms with Crippen LogP contribution in [0.2, 0.25) is 0 Å². The number of Topliss-reactive ketones (excluding diaryl/α,β-unsaturated/α-hetero) is 1. The molecule has 0 aliphatic carbocycles. The smallest absolute Gasteiger partial charge is 0.130 e. The molecule has 0 N–H and O–H groups in total. The van der Waals surface area contributed by atoms with E-state index in [1.807, 2.05) is 12.1 Å². The van der Waals surface area contributed by atoms with Crippen LogP contribution < -0.4 is 0 Å². The summed E-state index contributed by atoms with van der Waals surface area (Å²) >= 11 is 0. The number of hydrogen-bond acceptors (Lipinski definition) is 3. The van der Waals surface area contributed by atoms with Crippen molar-refractivity contribution in [2.45, 2.75) is 26.4 Å². The Bertz CT molecular complexity index is 275. The summed E-state index contributed by atoms with van der Waals surface area (Å²) in [6.45, 7) is 2.07. The molecule has 3 nitrogen and oxygen atoms in total. The lowest BCUT2D eigenvalue weighted by atomic mass is 10.2. The van der Waals surface area contributed by atoms with Crippen molar-refractivity contribution < 1.29 is 13.9 Å². The van der Waals surface area contributed by atoms with Crippen molar-refractivity contribution in [3.63, 3.8) is 0 Å². The SMILES string of the molecule is COCc1ccc(CCC(C)=O)o1. The van der Waals surface area contributed by atoms with Gasteiger partial charge in [0, 0.05) is 20.0 Å². The zero-order valence-corrected chi connectivity index (χ0v) is 8.00. The minimum absolute atomic E-state index is 0.185. The highest BCUT2D eigenvalue weighted by atomic mass is 16.5. The molecule has 0 spiro atoms. The number of carbonyl (C=O) groups excluding carboxylic acids is 1. The Hall–Kier alpha value is -1.09. The average Bonchev–Trinajstić information content (AvgIpc) is 2.50. The Morgan fingerprint density at radius 1 is 1.46 bits per heavy atom. The number of ketones is 1. The molecule has 13 heavy (non-hydrogen) atoms. The maximum atomic E-state index is 10.7. The molecule has 0 saturated carbocycles. The van der Waals surface area contributed by atoms with E-state index < -0.39 is 0 Å². The second-order valence-electron chi connectivity index (χ2n) is 3.00. The van der Waals surface area contributed by atoms with Gasteiger partial charge in [-0.25, -0.2) is 0 Å². The monoisotopic (exact) mass is 182 g/mol. The minimum atomic E-state index is 0.185. The number of rotatable bonds is 5. The van der Waals surface area contributed by atoms with Crippen molar-refractivity contribution in [1.82, 2.24) is 0 Å². The van der Waals surface area contributed by atoms with Crippen LogP contribution in [0.15, 0.2) is 16.5 Å². The van der Waals surface area contributed by atoms with Gasteiger partial charge < -0.3 is 13.9 Å². The van der Waals surface area contributed by atoms with Gasteiger partial charge in [0.25, 0.3) is 0 Å². The Morgan fingerprint density at radius 2 is 2.15 bits per heavy atom. The third kappa shape index (κ3) is 3.42. The van der Waals surface area contributed by atoms with Crippen molar-refractivity contribution in [3.05, 3.63) is 23.7 Å². The minimum Gasteiger partial charge on any atom is -0.464 e. The van der Waals surface area contributed by atoms with Gasteiger partial charge in [0.15, 0.2) is 0 Å². The maximum Gasteiger partial charge on any atom is 0.130 e. The van der Waals surface area contributed by atoms with Gasteiger partial charge in [0.1, 0.15) is 23.9 Å². The third-order valence-electron chi connectivity index (χ3n) is 1.73. The first kappa shape index (κ1) is 9.99. The Labute approximate surface area is 77.7 Å². The van der Waals surface area contributed by atoms with Gasteiger partial charge in [-0.15, -0.1) is 0 Å². The molecule has 1 rings (SSSR count). The van der Waals surface area contributed by atoms with Crippen molar-refractivity contribution in [3.8, 4) is 0 Å². The van der Waals surface area contributed by atoms with E-state index in [1.165, 1.54) is 0 Å². The second kappa shape index (κ2) is 4.82. The van der Waals surface area contributed by atoms with E-state index in [0.29, 0.717) is 19.4 Å². The van der Waals surface area contributed by atoms with E-state index in [0.717, 1.165) is 11.5 Å². The van der Waals surface area contributed by atoms with Gasteiger partial charge in [-0.05, 0) is 19.1 Å². The van der Waals surface area contributed by atoms with Crippen molar-refractivity contribution in [2.24, 2.45) is 0 Å². The number of ether oxygens (including phenoxy) is 1. The summed E-state index contributed by atoms with van der Waals surface area (Å²) in [6, 6.07) is 3.76. The van der Waals surface area contributed by atoms with Crippen molar-refractivity contribution >= 4 is 5.78 Å². The van der Waals surface area contributed by atoms with Crippen LogP contribution in [-0.4, -0.2) is 12.9 Å². The fourth-order valence-electron chi connectivity index (χ4n) is 1.08. The molecule has 0 aliphatic rings. The predicted octanol–water partition coefficient (Wildman–Crippen LogP) is 1.95. The number of furan rings is 1. The van der Waals surface area contributed by atoms with Crippen LogP contribution in [0.1, 0.15) is 24.9 Å². The lowest BCUT2D eigenvalue weighted by molar-refractivity contribution is -0.117. The fraction of sp³-hybridized carbons (Fsp3) is 0.500. The summed E-state index contributed by atoms with van der Waals surface area (Å²) in [5.74, 6) is 1.84. The molecule has 0 aliphatic heterocycles. The van der Waals surface area contributed by atoms with Crippen LogP contribution in [0.25, 0.3) is 0 Å². The number of hydrogen-bond donors (Lipinski definition) is 0. The molecule has 3 heteroatoms. The molecule has 0 saturated heterocycles. The average molecular weight is 182 g/mol. The maximum absolute atomic E-state index is 10.7. The highest BCUT2D eigenvalue weighted by molar-refractivity contribution is 5.75. The molecule has 0 unspecified atom stereocenters. The highest BCUT2D eigenvalue weighted by Crippen LogP contribution is 2.10. The lowest BCUT2D eigenvalue weighted by Gasteiger charge is -1.94. The van der Waals surface area contributed by atoms with E-state index in [9.17, 15) is 4.79 Å². The second-order valence-corrected chi connectivity index (χ2v) is 3.00. The normalized spacial score (nSPS) is 10.3. The first-order chi connectivity index (χ1) is 6.22. The summed E-state index contributed by atoms with van der Waals surface area (Å²) in [4.78, 5) is 10.7. The molecule has 1 aromatic rings. The third-order valence-corrected chi connectivity index (χ3v) is 1.73. The standard InChI is InChI=1S/C10H14O3/c1-8(11)3-4-9-5-6-10(13-9)7-12-2/h5-6H,3-4,7H2,1-2H3. The van der Waals surface area contributed by atoms with Gasteiger partial charge in [0.2, 0.25) is 0 Å². The quantitative estimate of drug-likeness (QED) is 0.698. The summed E-state index contributed by atoms with van der Waals surface area (Å²) < 4.78 is 10.3. The molecular formula is C10H14O3. The van der Waals surface area contributed by atoms with E-state index in [2.05, 4.69) is 0 Å². The van der Waals surface area contributed by atoms with Gasteiger partial charge in [0.05, 0.1) is 0 Å². The van der Waals surface area contributed by atoms with Gasteiger partial charge in [-0.1, -0.05) is 0 Å². The van der Waals surface area contributed by atoms with Crippen LogP contribution in [0.4, 0.5) is 0 Å². The van der Waals surface area contributed by atoms with Crippen LogP contribution in [-0.2, 0) is 22.6 Å². The van der Waals surface area contributed by atoms with Gasteiger partial charge in [-0.2, -0.15) is 0 Å².